The number of imidazole rings is 1. The lowest BCUT2D eigenvalue weighted by molar-refractivity contribution is -0.0582. The van der Waals surface area contributed by atoms with Crippen LogP contribution in [0, 0.1) is 5.82 Å². The zero-order valence-electron chi connectivity index (χ0n) is 22.0. The SMILES string of the molecule is Nc1ncnc2c1ncn2[C@H]1C[C@@H]2OP(O)(=S)OC[C@H]3O[C@@H](n4cc(F)c5c(=O)[nH]cnc54)[C@H](OP(=O)(S)OC[C@H]2O1)[C@@H]3O. The maximum atomic E-state index is 14.8. The van der Waals surface area contributed by atoms with E-state index in [1.165, 1.54) is 12.7 Å². The van der Waals surface area contributed by atoms with Crippen LogP contribution in [-0.2, 0) is 43.9 Å². The third-order valence-electron chi connectivity index (χ3n) is 7.36. The molecule has 9 atom stereocenters. The molecule has 44 heavy (non-hydrogen) atoms. The Balaban J connectivity index is 1.19. The maximum absolute atomic E-state index is 14.8. The van der Waals surface area contributed by atoms with Gasteiger partial charge < -0.3 is 43.8 Å². The van der Waals surface area contributed by atoms with Crippen molar-refractivity contribution in [3.8, 4) is 0 Å². The molecule has 3 saturated heterocycles. The molecule has 3 fully saturated rings. The maximum Gasteiger partial charge on any atom is 0.386 e. The van der Waals surface area contributed by atoms with E-state index in [0.29, 0.717) is 11.2 Å². The summed E-state index contributed by atoms with van der Waals surface area (Å²) in [5.74, 6) is -0.763. The lowest BCUT2D eigenvalue weighted by Gasteiger charge is -2.26. The van der Waals surface area contributed by atoms with Crippen molar-refractivity contribution in [3.05, 3.63) is 41.3 Å². The number of aliphatic hydroxyl groups is 1. The molecule has 2 bridgehead atoms. The van der Waals surface area contributed by atoms with Gasteiger partial charge in [-0.1, -0.05) is 12.2 Å². The predicted octanol–water partition coefficient (Wildman–Crippen LogP) is 0.903. The van der Waals surface area contributed by atoms with Crippen molar-refractivity contribution in [1.82, 2.24) is 34.1 Å². The Bertz CT molecular complexity index is 1910. The molecule has 0 aliphatic carbocycles. The number of hydrogen-bond donors (Lipinski definition) is 5. The van der Waals surface area contributed by atoms with Crippen LogP contribution in [0.25, 0.3) is 22.2 Å². The fourth-order valence-electron chi connectivity index (χ4n) is 5.37. The van der Waals surface area contributed by atoms with Crippen LogP contribution in [-0.4, -0.2) is 87.8 Å². The molecule has 3 aliphatic heterocycles. The highest BCUT2D eigenvalue weighted by Gasteiger charge is 2.51. The lowest BCUT2D eigenvalue weighted by Crippen LogP contribution is -2.35. The number of nitrogens with one attached hydrogen (secondary N) is 1. The number of fused-ring (bicyclic) bond motifs is 5. The number of ether oxygens (including phenoxy) is 2. The molecule has 0 spiro atoms. The van der Waals surface area contributed by atoms with Gasteiger partial charge in [-0.3, -0.25) is 18.4 Å². The molecule has 5 N–H and O–H groups in total. The summed E-state index contributed by atoms with van der Waals surface area (Å²) in [4.78, 5) is 41.8. The number of H-pyrrole nitrogens is 1. The third-order valence-corrected chi connectivity index (χ3v) is 10.6. The van der Waals surface area contributed by atoms with Crippen molar-refractivity contribution in [3.63, 3.8) is 0 Å². The molecule has 4 aromatic rings. The summed E-state index contributed by atoms with van der Waals surface area (Å²) in [5, 5.41) is 10.7. The molecule has 2 unspecified atom stereocenters. The van der Waals surface area contributed by atoms with Crippen molar-refractivity contribution in [2.45, 2.75) is 49.4 Å². The van der Waals surface area contributed by atoms with Crippen molar-refractivity contribution in [2.24, 2.45) is 0 Å². The quantitative estimate of drug-likeness (QED) is 0.145. The molecule has 0 saturated carbocycles. The van der Waals surface area contributed by atoms with Gasteiger partial charge in [-0.25, -0.2) is 28.9 Å². The second-order valence-electron chi connectivity index (χ2n) is 10.1. The van der Waals surface area contributed by atoms with Crippen molar-refractivity contribution in [1.29, 1.82) is 0 Å². The van der Waals surface area contributed by atoms with Gasteiger partial charge in [-0.05, 0) is 11.8 Å². The van der Waals surface area contributed by atoms with Crippen molar-refractivity contribution in [2.75, 3.05) is 18.9 Å². The van der Waals surface area contributed by atoms with E-state index in [2.05, 4.69) is 37.2 Å². The number of anilines is 1. The van der Waals surface area contributed by atoms with Gasteiger partial charge in [0.05, 0.1) is 32.0 Å². The second kappa shape index (κ2) is 11.1. The molecule has 236 valence electrons. The van der Waals surface area contributed by atoms with Gasteiger partial charge in [0.25, 0.3) is 5.56 Å². The van der Waals surface area contributed by atoms with Crippen LogP contribution in [0.15, 0.2) is 30.0 Å². The van der Waals surface area contributed by atoms with Gasteiger partial charge in [0.1, 0.15) is 47.9 Å². The van der Waals surface area contributed by atoms with Gasteiger partial charge in [0.15, 0.2) is 29.2 Å². The van der Waals surface area contributed by atoms with Gasteiger partial charge >= 0.3 is 13.5 Å². The van der Waals surface area contributed by atoms with Crippen LogP contribution >= 0.6 is 25.8 Å². The first-order valence-corrected chi connectivity index (χ1v) is 18.2. The van der Waals surface area contributed by atoms with E-state index in [-0.39, 0.29) is 23.3 Å². The van der Waals surface area contributed by atoms with Crippen LogP contribution in [0.1, 0.15) is 18.9 Å². The molecule has 3 aliphatic rings. The molecule has 0 amide bonds. The number of aromatic nitrogens is 7. The van der Waals surface area contributed by atoms with Crippen molar-refractivity contribution < 1.29 is 46.5 Å². The van der Waals surface area contributed by atoms with Crippen LogP contribution in [0.3, 0.4) is 0 Å². The summed E-state index contributed by atoms with van der Waals surface area (Å²) in [6.07, 6.45) is -3.60. The second-order valence-corrected chi connectivity index (χ2v) is 15.7. The van der Waals surface area contributed by atoms with E-state index in [4.69, 9.17) is 45.1 Å². The molecule has 0 radical (unpaired) electrons. The standard InChI is InChI=1S/C21H23FN8O10P2S2/c22-8-2-29(18-13(8)20(32)27-6-25-18)21-16-15(31)11(38-21)4-36-41(33,43)39-9-1-12(37-10(9)3-35-42(34,44)40-16)30-7-28-14-17(23)24-5-26-19(14)30/h2,5-7,9-12,15-16,21,31H,1,3-4H2,(H,33,43)(H,34,44)(H2,23,24,26)(H,25,27,32)/t9-,10+,11+,12+,15+,16+,21+,41?,42?/m0/s1. The Morgan fingerprint density at radius 2 is 1.89 bits per heavy atom. The average molecular weight is 693 g/mol. The first-order valence-electron chi connectivity index (χ1n) is 12.9. The summed E-state index contributed by atoms with van der Waals surface area (Å²) in [7, 11) is 0. The predicted molar refractivity (Wildman–Crippen MR) is 153 cm³/mol. The Kier molecular flexibility index (Phi) is 7.67. The number of nitrogen functional groups attached to an aromatic ring is 1. The number of rotatable bonds is 2. The molecular weight excluding hydrogens is 669 g/mol. The van der Waals surface area contributed by atoms with E-state index >= 15 is 0 Å². The zero-order valence-corrected chi connectivity index (χ0v) is 25.5. The average Bonchev–Trinajstić information content (AvgIpc) is 3.72. The van der Waals surface area contributed by atoms with Crippen LogP contribution in [0.2, 0.25) is 0 Å². The number of thiol groups is 1. The molecule has 18 nitrogen and oxygen atoms in total. The molecule has 0 aromatic carbocycles. The summed E-state index contributed by atoms with van der Waals surface area (Å²) in [6, 6.07) is 0. The number of hydrogen-bond acceptors (Lipinski definition) is 15. The zero-order chi connectivity index (χ0) is 31.0. The molecule has 4 aromatic heterocycles. The number of halogens is 1. The van der Waals surface area contributed by atoms with Gasteiger partial charge in [-0.15, -0.1) is 0 Å². The molecule has 7 heterocycles. The highest BCUT2D eigenvalue weighted by molar-refractivity contribution is 8.44. The van der Waals surface area contributed by atoms with Gasteiger partial charge in [0.2, 0.25) is 0 Å². The van der Waals surface area contributed by atoms with Crippen molar-refractivity contribution >= 4 is 65.6 Å². The minimum atomic E-state index is -4.32. The van der Waals surface area contributed by atoms with Crippen LogP contribution in [0.5, 0.6) is 0 Å². The minimum Gasteiger partial charge on any atom is -0.387 e. The number of nitrogens with two attached hydrogens (primary N) is 1. The largest absolute Gasteiger partial charge is 0.387 e. The highest BCUT2D eigenvalue weighted by atomic mass is 32.7. The Labute approximate surface area is 255 Å². The van der Waals surface area contributed by atoms with E-state index in [0.717, 1.165) is 17.1 Å². The Morgan fingerprint density at radius 3 is 2.70 bits per heavy atom. The van der Waals surface area contributed by atoms with E-state index in [9.17, 15) is 23.7 Å². The number of nitrogens with zero attached hydrogens (tertiary/aromatic N) is 6. The fourth-order valence-corrected chi connectivity index (χ4v) is 8.30. The van der Waals surface area contributed by atoms with Gasteiger partial charge in [-0.2, -0.15) is 0 Å². The van der Waals surface area contributed by atoms with E-state index < -0.39 is 81.1 Å². The van der Waals surface area contributed by atoms with E-state index in [1.54, 1.807) is 4.57 Å². The summed E-state index contributed by atoms with van der Waals surface area (Å²) >= 11 is 9.33. The fraction of sp³-hybridized carbons (Fsp3) is 0.476. The van der Waals surface area contributed by atoms with Gasteiger partial charge in [0, 0.05) is 12.6 Å². The molecule has 23 heteroatoms. The van der Waals surface area contributed by atoms with E-state index in [1.807, 2.05) is 0 Å². The van der Waals surface area contributed by atoms with Crippen LogP contribution < -0.4 is 11.3 Å². The summed E-state index contributed by atoms with van der Waals surface area (Å²) in [6.45, 7) is -9.28. The lowest BCUT2D eigenvalue weighted by atomic mass is 10.1. The minimum absolute atomic E-state index is 0.106. The third kappa shape index (κ3) is 5.40. The first kappa shape index (κ1) is 30.3. The summed E-state index contributed by atoms with van der Waals surface area (Å²) in [5.41, 5.74) is 5.72. The number of aliphatic hydroxyl groups excluding tert-OH is 1. The molecule has 7 rings (SSSR count). The molecular formula is C21H23FN8O10P2S2. The summed E-state index contributed by atoms with van der Waals surface area (Å²) < 4.78 is 65.5. The topological polar surface area (TPSA) is 233 Å². The monoisotopic (exact) mass is 692 g/mol. The Hall–Kier alpha value is -2.39. The Morgan fingerprint density at radius 1 is 1.09 bits per heavy atom. The van der Waals surface area contributed by atoms with Crippen LogP contribution in [0.4, 0.5) is 10.2 Å². The first-order chi connectivity index (χ1) is 20.9. The number of aromatic amines is 1. The normalized spacial score (nSPS) is 36.6. The smallest absolute Gasteiger partial charge is 0.386 e. The highest BCUT2D eigenvalue weighted by Crippen LogP contribution is 2.58.